The zero-order valence-corrected chi connectivity index (χ0v) is 14.2. The summed E-state index contributed by atoms with van der Waals surface area (Å²) in [7, 11) is 0. The van der Waals surface area contributed by atoms with Crippen molar-refractivity contribution < 1.29 is 9.47 Å². The summed E-state index contributed by atoms with van der Waals surface area (Å²) >= 11 is 3.86. The smallest absolute Gasteiger partial charge is 0.161 e. The average molecular weight is 353 g/mol. The van der Waals surface area contributed by atoms with E-state index in [0.717, 1.165) is 37.1 Å². The molecule has 0 bridgehead atoms. The molecule has 2 aliphatic rings. The van der Waals surface area contributed by atoms with Crippen LogP contribution in [-0.4, -0.2) is 13.2 Å². The second-order valence-electron chi connectivity index (χ2n) is 6.31. The van der Waals surface area contributed by atoms with Gasteiger partial charge in [0.05, 0.1) is 13.2 Å². The Balaban J connectivity index is 1.58. The Labute approximate surface area is 136 Å². The van der Waals surface area contributed by atoms with Crippen molar-refractivity contribution in [1.82, 2.24) is 0 Å². The molecule has 1 saturated carbocycles. The van der Waals surface area contributed by atoms with Gasteiger partial charge in [-0.2, -0.15) is 0 Å². The quantitative estimate of drug-likeness (QED) is 0.652. The van der Waals surface area contributed by atoms with Gasteiger partial charge in [-0.3, -0.25) is 0 Å². The van der Waals surface area contributed by atoms with Crippen LogP contribution in [0.4, 0.5) is 0 Å². The van der Waals surface area contributed by atoms with Crippen LogP contribution in [0, 0.1) is 5.92 Å². The van der Waals surface area contributed by atoms with E-state index in [4.69, 9.17) is 9.47 Å². The molecule has 0 spiro atoms. The lowest BCUT2D eigenvalue weighted by Gasteiger charge is -2.22. The van der Waals surface area contributed by atoms with Crippen molar-refractivity contribution in [2.24, 2.45) is 5.92 Å². The summed E-state index contributed by atoms with van der Waals surface area (Å²) in [4.78, 5) is 0.427. The Morgan fingerprint density at radius 1 is 1.00 bits per heavy atom. The van der Waals surface area contributed by atoms with Gasteiger partial charge in [-0.1, -0.05) is 54.1 Å². The summed E-state index contributed by atoms with van der Waals surface area (Å²) in [5, 5.41) is 0. The molecule has 21 heavy (non-hydrogen) atoms. The van der Waals surface area contributed by atoms with E-state index in [-0.39, 0.29) is 0 Å². The van der Waals surface area contributed by atoms with Crippen LogP contribution in [-0.2, 0) is 0 Å². The van der Waals surface area contributed by atoms with Crippen molar-refractivity contribution in [3.8, 4) is 11.5 Å². The number of rotatable bonds is 4. The van der Waals surface area contributed by atoms with E-state index in [1.54, 1.807) is 0 Å². The lowest BCUT2D eigenvalue weighted by molar-refractivity contribution is 0.297. The van der Waals surface area contributed by atoms with E-state index < -0.39 is 0 Å². The Bertz CT molecular complexity index is 455. The molecule has 0 radical (unpaired) electrons. The summed E-state index contributed by atoms with van der Waals surface area (Å²) in [5.74, 6) is 2.74. The van der Waals surface area contributed by atoms with E-state index in [1.165, 1.54) is 50.5 Å². The maximum atomic E-state index is 5.79. The highest BCUT2D eigenvalue weighted by atomic mass is 79.9. The van der Waals surface area contributed by atoms with E-state index in [0.29, 0.717) is 4.83 Å². The van der Waals surface area contributed by atoms with Gasteiger partial charge in [-0.15, -0.1) is 0 Å². The highest BCUT2D eigenvalue weighted by Gasteiger charge is 2.18. The van der Waals surface area contributed by atoms with Gasteiger partial charge in [0.15, 0.2) is 11.5 Å². The van der Waals surface area contributed by atoms with Crippen LogP contribution in [0.25, 0.3) is 0 Å². The first-order chi connectivity index (χ1) is 10.3. The highest BCUT2D eigenvalue weighted by Crippen LogP contribution is 2.38. The minimum atomic E-state index is 0.427. The van der Waals surface area contributed by atoms with Crippen LogP contribution in [0.15, 0.2) is 18.2 Å². The number of halogens is 1. The SMILES string of the molecule is BrC(CCC1CCCCC1)c1ccc2c(c1)OCCCO2. The summed E-state index contributed by atoms with van der Waals surface area (Å²) in [5.41, 5.74) is 1.31. The first-order valence-electron chi connectivity index (χ1n) is 8.36. The van der Waals surface area contributed by atoms with Gasteiger partial charge in [-0.05, 0) is 36.5 Å². The molecule has 2 nitrogen and oxygen atoms in total. The molecule has 116 valence electrons. The van der Waals surface area contributed by atoms with Gasteiger partial charge in [0.2, 0.25) is 0 Å². The molecule has 1 aromatic rings. The number of alkyl halides is 1. The first kappa shape index (κ1) is 15.2. The monoisotopic (exact) mass is 352 g/mol. The average Bonchev–Trinajstić information content (AvgIpc) is 2.78. The lowest BCUT2D eigenvalue weighted by atomic mass is 9.85. The molecule has 1 atom stereocenters. The summed E-state index contributed by atoms with van der Waals surface area (Å²) in [6.07, 6.45) is 10.7. The van der Waals surface area contributed by atoms with E-state index in [2.05, 4.69) is 34.1 Å². The topological polar surface area (TPSA) is 18.5 Å². The standard InChI is InChI=1S/C18H25BrO2/c19-16(9-7-14-5-2-1-3-6-14)15-8-10-17-18(13-15)21-12-4-11-20-17/h8,10,13-14,16H,1-7,9,11-12H2. The maximum Gasteiger partial charge on any atom is 0.161 e. The first-order valence-corrected chi connectivity index (χ1v) is 9.28. The third kappa shape index (κ3) is 4.15. The molecule has 0 amide bonds. The highest BCUT2D eigenvalue weighted by molar-refractivity contribution is 9.09. The number of hydrogen-bond acceptors (Lipinski definition) is 2. The molecule has 1 unspecified atom stereocenters. The van der Waals surface area contributed by atoms with Gasteiger partial charge < -0.3 is 9.47 Å². The zero-order valence-electron chi connectivity index (χ0n) is 12.7. The molecular weight excluding hydrogens is 328 g/mol. The summed E-state index contributed by atoms with van der Waals surface area (Å²) < 4.78 is 11.5. The second-order valence-corrected chi connectivity index (χ2v) is 7.41. The summed E-state index contributed by atoms with van der Waals surface area (Å²) in [6, 6.07) is 6.39. The molecule has 1 aliphatic carbocycles. The fourth-order valence-corrected chi connectivity index (χ4v) is 3.95. The Kier molecular flexibility index (Phi) is 5.45. The van der Waals surface area contributed by atoms with Crippen LogP contribution in [0.5, 0.6) is 11.5 Å². The molecule has 0 N–H and O–H groups in total. The van der Waals surface area contributed by atoms with E-state index in [1.807, 2.05) is 0 Å². The number of benzene rings is 1. The van der Waals surface area contributed by atoms with Gasteiger partial charge in [-0.25, -0.2) is 0 Å². The number of hydrogen-bond donors (Lipinski definition) is 0. The van der Waals surface area contributed by atoms with E-state index in [9.17, 15) is 0 Å². The fourth-order valence-electron chi connectivity index (χ4n) is 3.40. The molecule has 3 rings (SSSR count). The minimum absolute atomic E-state index is 0.427. The molecule has 1 aromatic carbocycles. The van der Waals surface area contributed by atoms with Crippen LogP contribution in [0.3, 0.4) is 0 Å². The maximum absolute atomic E-state index is 5.79. The minimum Gasteiger partial charge on any atom is -0.490 e. The molecule has 0 saturated heterocycles. The Hall–Kier alpha value is -0.700. The normalized spacial score (nSPS) is 20.8. The zero-order chi connectivity index (χ0) is 14.5. The third-order valence-electron chi connectivity index (χ3n) is 4.69. The lowest BCUT2D eigenvalue weighted by Crippen LogP contribution is -2.07. The van der Waals surface area contributed by atoms with Crippen molar-refractivity contribution in [2.45, 2.75) is 56.2 Å². The molecule has 1 aliphatic heterocycles. The predicted octanol–water partition coefficient (Wildman–Crippen LogP) is 5.64. The van der Waals surface area contributed by atoms with Crippen molar-refractivity contribution in [2.75, 3.05) is 13.2 Å². The summed E-state index contributed by atoms with van der Waals surface area (Å²) in [6.45, 7) is 1.51. The van der Waals surface area contributed by atoms with Crippen molar-refractivity contribution >= 4 is 15.9 Å². The van der Waals surface area contributed by atoms with Crippen LogP contribution < -0.4 is 9.47 Å². The number of ether oxygens (including phenoxy) is 2. The van der Waals surface area contributed by atoms with Gasteiger partial charge >= 0.3 is 0 Å². The Morgan fingerprint density at radius 2 is 1.76 bits per heavy atom. The molecule has 1 heterocycles. The van der Waals surface area contributed by atoms with Gasteiger partial charge in [0.25, 0.3) is 0 Å². The molecule has 0 aromatic heterocycles. The molecule has 3 heteroatoms. The van der Waals surface area contributed by atoms with Crippen molar-refractivity contribution in [3.63, 3.8) is 0 Å². The van der Waals surface area contributed by atoms with Crippen molar-refractivity contribution in [1.29, 1.82) is 0 Å². The van der Waals surface area contributed by atoms with Crippen LogP contribution in [0.2, 0.25) is 0 Å². The van der Waals surface area contributed by atoms with Gasteiger partial charge in [0, 0.05) is 11.2 Å². The van der Waals surface area contributed by atoms with Crippen LogP contribution in [0.1, 0.15) is 61.8 Å². The third-order valence-corrected chi connectivity index (χ3v) is 5.67. The van der Waals surface area contributed by atoms with E-state index >= 15 is 0 Å². The van der Waals surface area contributed by atoms with Crippen molar-refractivity contribution in [3.05, 3.63) is 23.8 Å². The Morgan fingerprint density at radius 3 is 2.57 bits per heavy atom. The number of fused-ring (bicyclic) bond motifs is 1. The second kappa shape index (κ2) is 7.53. The van der Waals surface area contributed by atoms with Gasteiger partial charge in [0.1, 0.15) is 0 Å². The van der Waals surface area contributed by atoms with Crippen LogP contribution >= 0.6 is 15.9 Å². The molecular formula is C18H25BrO2. The predicted molar refractivity (Wildman–Crippen MR) is 89.5 cm³/mol. The fraction of sp³-hybridized carbons (Fsp3) is 0.667. The largest absolute Gasteiger partial charge is 0.490 e. The molecule has 1 fully saturated rings.